The Hall–Kier alpha value is -3.38. The monoisotopic (exact) mass is 535 g/mol. The zero-order chi connectivity index (χ0) is 26.8. The summed E-state index contributed by atoms with van der Waals surface area (Å²) < 4.78 is 69.6. The summed E-state index contributed by atoms with van der Waals surface area (Å²) in [6.45, 7) is 7.36. The maximum absolute atomic E-state index is 13.0. The lowest BCUT2D eigenvalue weighted by molar-refractivity contribution is -0.274. The molecule has 1 aromatic carbocycles. The highest BCUT2D eigenvalue weighted by Gasteiger charge is 2.38. The van der Waals surface area contributed by atoms with Crippen molar-refractivity contribution in [3.8, 4) is 5.75 Å². The molecular formula is C25H28F3N5O3S. The Morgan fingerprint density at radius 3 is 2.49 bits per heavy atom. The molecule has 1 fully saturated rings. The van der Waals surface area contributed by atoms with E-state index in [1.807, 2.05) is 6.07 Å². The van der Waals surface area contributed by atoms with Gasteiger partial charge in [0.2, 0.25) is 0 Å². The highest BCUT2D eigenvalue weighted by molar-refractivity contribution is 7.89. The number of anilines is 3. The SMILES string of the molecule is CC1CN(c2ncccc2CNS(=O)(=O)c2cccc(Nc3ccc(OC(F)(F)F)cc3)n2)C(C)(C)C1. The van der Waals surface area contributed by atoms with E-state index in [0.29, 0.717) is 11.6 Å². The zero-order valence-electron chi connectivity index (χ0n) is 20.6. The molecule has 1 atom stereocenters. The molecule has 0 amide bonds. The molecule has 198 valence electrons. The maximum atomic E-state index is 13.0. The van der Waals surface area contributed by atoms with E-state index in [1.54, 1.807) is 18.3 Å². The lowest BCUT2D eigenvalue weighted by Crippen LogP contribution is -2.39. The Bertz CT molecular complexity index is 1350. The van der Waals surface area contributed by atoms with Crippen molar-refractivity contribution in [3.05, 3.63) is 66.4 Å². The standard InChI is InChI=1S/C25H28F3N5O3S/c1-17-14-24(2,3)33(16-17)23-18(6-5-13-29-23)15-30-37(34,35)22-8-4-7-21(32-22)31-19-9-11-20(12-10-19)36-25(26,27)28/h4-13,17,30H,14-16H2,1-3H3,(H,31,32). The molecule has 0 radical (unpaired) electrons. The van der Waals surface area contributed by atoms with Crippen LogP contribution < -0.4 is 19.7 Å². The third kappa shape index (κ3) is 6.69. The predicted octanol–water partition coefficient (Wildman–Crippen LogP) is 5.22. The number of halogens is 3. The summed E-state index contributed by atoms with van der Waals surface area (Å²) in [4.78, 5) is 10.9. The van der Waals surface area contributed by atoms with Crippen LogP contribution in [0.4, 0.5) is 30.5 Å². The van der Waals surface area contributed by atoms with Crippen LogP contribution in [-0.4, -0.2) is 36.8 Å². The topological polar surface area (TPSA) is 96.5 Å². The van der Waals surface area contributed by atoms with Crippen LogP contribution in [0.1, 0.15) is 32.8 Å². The number of nitrogens with zero attached hydrogens (tertiary/aromatic N) is 3. The highest BCUT2D eigenvalue weighted by Crippen LogP contribution is 2.37. The summed E-state index contributed by atoms with van der Waals surface area (Å²) in [5.41, 5.74) is 1.07. The molecule has 2 N–H and O–H groups in total. The van der Waals surface area contributed by atoms with Gasteiger partial charge < -0.3 is 15.0 Å². The molecular weight excluding hydrogens is 507 g/mol. The Morgan fingerprint density at radius 2 is 1.84 bits per heavy atom. The second-order valence-corrected chi connectivity index (χ2v) is 11.3. The fourth-order valence-electron chi connectivity index (χ4n) is 4.54. The van der Waals surface area contributed by atoms with Crippen molar-refractivity contribution in [3.63, 3.8) is 0 Å². The number of aromatic nitrogens is 2. The van der Waals surface area contributed by atoms with Gasteiger partial charge in [-0.25, -0.2) is 23.1 Å². The Balaban J connectivity index is 1.46. The Labute approximate surface area is 213 Å². The molecule has 0 aliphatic carbocycles. The number of alkyl halides is 3. The number of sulfonamides is 1. The molecule has 2 aromatic heterocycles. The van der Waals surface area contributed by atoms with Gasteiger partial charge in [0, 0.05) is 36.1 Å². The van der Waals surface area contributed by atoms with Crippen LogP contribution in [0, 0.1) is 5.92 Å². The van der Waals surface area contributed by atoms with Crippen LogP contribution in [0.15, 0.2) is 65.8 Å². The first-order chi connectivity index (χ1) is 17.3. The maximum Gasteiger partial charge on any atom is 0.573 e. The number of nitrogens with one attached hydrogen (secondary N) is 2. The summed E-state index contributed by atoms with van der Waals surface area (Å²) in [5, 5.41) is 2.68. The minimum atomic E-state index is -4.79. The predicted molar refractivity (Wildman–Crippen MR) is 134 cm³/mol. The summed E-state index contributed by atoms with van der Waals surface area (Å²) in [5.74, 6) is 1.09. The number of pyridine rings is 2. The number of hydrogen-bond acceptors (Lipinski definition) is 7. The van der Waals surface area contributed by atoms with Crippen molar-refractivity contribution in [1.82, 2.24) is 14.7 Å². The lowest BCUT2D eigenvalue weighted by Gasteiger charge is -2.34. The molecule has 0 saturated carbocycles. The van der Waals surface area contributed by atoms with Crippen molar-refractivity contribution in [2.45, 2.75) is 50.7 Å². The molecule has 1 unspecified atom stereocenters. The number of benzene rings is 1. The van der Waals surface area contributed by atoms with Crippen molar-refractivity contribution in [1.29, 1.82) is 0 Å². The van der Waals surface area contributed by atoms with E-state index in [9.17, 15) is 21.6 Å². The van der Waals surface area contributed by atoms with E-state index in [1.165, 1.54) is 24.3 Å². The van der Waals surface area contributed by atoms with Crippen LogP contribution in [0.2, 0.25) is 0 Å². The van der Waals surface area contributed by atoms with Gasteiger partial charge in [0.15, 0.2) is 5.03 Å². The number of hydrogen-bond donors (Lipinski definition) is 2. The van der Waals surface area contributed by atoms with Gasteiger partial charge in [-0.05, 0) is 68.7 Å². The Morgan fingerprint density at radius 1 is 1.11 bits per heavy atom. The van der Waals surface area contributed by atoms with Gasteiger partial charge in [-0.15, -0.1) is 13.2 Å². The van der Waals surface area contributed by atoms with Gasteiger partial charge in [0.25, 0.3) is 10.0 Å². The van der Waals surface area contributed by atoms with E-state index in [2.05, 4.69) is 50.4 Å². The van der Waals surface area contributed by atoms with Crippen molar-refractivity contribution < 1.29 is 26.3 Å². The molecule has 0 spiro atoms. The quantitative estimate of drug-likeness (QED) is 0.408. The summed E-state index contributed by atoms with van der Waals surface area (Å²) in [6, 6.07) is 13.1. The largest absolute Gasteiger partial charge is 0.573 e. The van der Waals surface area contributed by atoms with Crippen molar-refractivity contribution in [2.75, 3.05) is 16.8 Å². The fraction of sp³-hybridized carbons (Fsp3) is 0.360. The average molecular weight is 536 g/mol. The van der Waals surface area contributed by atoms with Gasteiger partial charge in [0.05, 0.1) is 0 Å². The second-order valence-electron chi connectivity index (χ2n) is 9.60. The van der Waals surface area contributed by atoms with Crippen LogP contribution in [0.5, 0.6) is 5.75 Å². The number of rotatable bonds is 8. The first kappa shape index (κ1) is 26.7. The van der Waals surface area contributed by atoms with E-state index in [0.717, 1.165) is 36.5 Å². The van der Waals surface area contributed by atoms with Crippen molar-refractivity contribution in [2.24, 2.45) is 5.92 Å². The average Bonchev–Trinajstić information content (AvgIpc) is 3.10. The van der Waals surface area contributed by atoms with E-state index in [-0.39, 0.29) is 28.7 Å². The minimum Gasteiger partial charge on any atom is -0.406 e. The van der Waals surface area contributed by atoms with Crippen LogP contribution in [-0.2, 0) is 16.6 Å². The van der Waals surface area contributed by atoms with Gasteiger partial charge >= 0.3 is 6.36 Å². The molecule has 0 bridgehead atoms. The summed E-state index contributed by atoms with van der Waals surface area (Å²) in [6.07, 6.45) is -2.08. The van der Waals surface area contributed by atoms with Crippen molar-refractivity contribution >= 4 is 27.3 Å². The van der Waals surface area contributed by atoms with Crippen LogP contribution in [0.3, 0.4) is 0 Å². The molecule has 12 heteroatoms. The molecule has 3 heterocycles. The lowest BCUT2D eigenvalue weighted by atomic mass is 9.97. The summed E-state index contributed by atoms with van der Waals surface area (Å²) in [7, 11) is -3.97. The third-order valence-corrected chi connectivity index (χ3v) is 7.31. The molecule has 1 saturated heterocycles. The zero-order valence-corrected chi connectivity index (χ0v) is 21.4. The number of ether oxygens (including phenoxy) is 1. The molecule has 8 nitrogen and oxygen atoms in total. The molecule has 1 aliphatic heterocycles. The fourth-order valence-corrected chi connectivity index (χ4v) is 5.51. The highest BCUT2D eigenvalue weighted by atomic mass is 32.2. The smallest absolute Gasteiger partial charge is 0.406 e. The minimum absolute atomic E-state index is 0.0342. The van der Waals surface area contributed by atoms with Gasteiger partial charge in [-0.3, -0.25) is 0 Å². The van der Waals surface area contributed by atoms with Gasteiger partial charge in [0.1, 0.15) is 17.4 Å². The van der Waals surface area contributed by atoms with Gasteiger partial charge in [-0.1, -0.05) is 19.1 Å². The molecule has 3 aromatic rings. The first-order valence-electron chi connectivity index (χ1n) is 11.6. The molecule has 1 aliphatic rings. The third-order valence-electron chi connectivity index (χ3n) is 6.01. The first-order valence-corrected chi connectivity index (χ1v) is 13.1. The van der Waals surface area contributed by atoms with Crippen LogP contribution >= 0.6 is 0 Å². The van der Waals surface area contributed by atoms with Crippen LogP contribution in [0.25, 0.3) is 0 Å². The normalized spacial score (nSPS) is 17.6. The molecule has 37 heavy (non-hydrogen) atoms. The summed E-state index contributed by atoms with van der Waals surface area (Å²) >= 11 is 0. The van der Waals surface area contributed by atoms with E-state index >= 15 is 0 Å². The molecule has 4 rings (SSSR count). The van der Waals surface area contributed by atoms with E-state index < -0.39 is 16.4 Å². The van der Waals surface area contributed by atoms with E-state index in [4.69, 9.17) is 0 Å². The second kappa shape index (κ2) is 10.2. The van der Waals surface area contributed by atoms with Gasteiger partial charge in [-0.2, -0.15) is 0 Å². The Kier molecular flexibility index (Phi) is 7.33.